The number of ether oxygens (including phenoxy) is 1. The number of fused-ring (bicyclic) bond motifs is 1. The fourth-order valence-electron chi connectivity index (χ4n) is 2.19. The van der Waals surface area contributed by atoms with Crippen molar-refractivity contribution in [3.63, 3.8) is 0 Å². The van der Waals surface area contributed by atoms with E-state index in [2.05, 4.69) is 15.5 Å². The lowest BCUT2D eigenvalue weighted by Crippen LogP contribution is -2.11. The van der Waals surface area contributed by atoms with Gasteiger partial charge in [-0.25, -0.2) is 0 Å². The molecule has 0 spiro atoms. The summed E-state index contributed by atoms with van der Waals surface area (Å²) in [4.78, 5) is 12.3. The summed E-state index contributed by atoms with van der Waals surface area (Å²) in [5.74, 6) is 0.712. The van der Waals surface area contributed by atoms with Crippen molar-refractivity contribution >= 4 is 39.3 Å². The summed E-state index contributed by atoms with van der Waals surface area (Å²) >= 11 is 2.80. The maximum Gasteiger partial charge on any atom is 0.259 e. The van der Waals surface area contributed by atoms with Gasteiger partial charge in [0.2, 0.25) is 0 Å². The van der Waals surface area contributed by atoms with Gasteiger partial charge in [-0.05, 0) is 40.6 Å². The summed E-state index contributed by atoms with van der Waals surface area (Å²) in [5.41, 5.74) is 6.21. The second-order valence-electron chi connectivity index (χ2n) is 5.06. The molecule has 23 heavy (non-hydrogen) atoms. The minimum absolute atomic E-state index is 0.286. The van der Waals surface area contributed by atoms with Crippen LogP contribution in [0.4, 0.5) is 0 Å². The lowest BCUT2D eigenvalue weighted by molar-refractivity contribution is 0.100. The van der Waals surface area contributed by atoms with Gasteiger partial charge in [0.1, 0.15) is 10.6 Å². The molecule has 0 radical (unpaired) electrons. The third-order valence-corrected chi connectivity index (χ3v) is 5.15. The molecule has 0 aliphatic rings. The molecule has 0 bridgehead atoms. The summed E-state index contributed by atoms with van der Waals surface area (Å²) in [7, 11) is 1.60. The molecule has 7 nitrogen and oxygen atoms in total. The molecule has 3 aromatic rings. The molecule has 9 heteroatoms. The van der Waals surface area contributed by atoms with Crippen LogP contribution in [0.2, 0.25) is 0 Å². The number of hydrogen-bond donors (Lipinski definition) is 1. The average molecular weight is 349 g/mol. The second kappa shape index (κ2) is 6.17. The Morgan fingerprint density at radius 1 is 1.43 bits per heavy atom. The quantitative estimate of drug-likeness (QED) is 0.760. The molecule has 2 aromatic heterocycles. The molecule has 3 rings (SSSR count). The zero-order chi connectivity index (χ0) is 16.6. The second-order valence-corrected chi connectivity index (χ2v) is 7.61. The average Bonchev–Trinajstić information content (AvgIpc) is 3.09. The van der Waals surface area contributed by atoms with Crippen LogP contribution in [0, 0.1) is 0 Å². The number of amides is 1. The maximum absolute atomic E-state index is 11.9. The number of aromatic nitrogens is 4. The molecule has 0 fully saturated rings. The largest absolute Gasteiger partial charge is 0.497 e. The lowest BCUT2D eigenvalue weighted by atomic mass is 10.1. The molecule has 1 amide bonds. The van der Waals surface area contributed by atoms with Crippen molar-refractivity contribution in [2.75, 3.05) is 7.11 Å². The molecule has 120 valence electrons. The normalized spacial score (nSPS) is 11.3. The van der Waals surface area contributed by atoms with E-state index in [0.29, 0.717) is 22.0 Å². The predicted octanol–water partition coefficient (Wildman–Crippen LogP) is 2.57. The first-order valence-corrected chi connectivity index (χ1v) is 8.52. The van der Waals surface area contributed by atoms with Gasteiger partial charge in [0.25, 0.3) is 5.91 Å². The molecule has 0 unspecified atom stereocenters. The lowest BCUT2D eigenvalue weighted by Gasteiger charge is -2.07. The Hall–Kier alpha value is -2.13. The summed E-state index contributed by atoms with van der Waals surface area (Å²) in [5, 5.41) is 13.0. The van der Waals surface area contributed by atoms with E-state index in [-0.39, 0.29) is 5.25 Å². The minimum Gasteiger partial charge on any atom is -0.497 e. The Morgan fingerprint density at radius 2 is 2.22 bits per heavy atom. The Kier molecular flexibility index (Phi) is 4.22. The first kappa shape index (κ1) is 15.8. The van der Waals surface area contributed by atoms with Gasteiger partial charge in [-0.2, -0.15) is 4.09 Å². The zero-order valence-electron chi connectivity index (χ0n) is 12.8. The van der Waals surface area contributed by atoms with E-state index in [1.165, 1.54) is 23.3 Å². The van der Waals surface area contributed by atoms with Crippen LogP contribution in [0.15, 0.2) is 18.2 Å². The fourth-order valence-corrected chi connectivity index (χ4v) is 3.93. The summed E-state index contributed by atoms with van der Waals surface area (Å²) < 4.78 is 7.84. The van der Waals surface area contributed by atoms with Crippen LogP contribution in [0.1, 0.15) is 23.5 Å². The SMILES string of the molecule is COc1ccc2sc(C(N)=O)c(-c3nnnn3SC(C)C)c2c1. The van der Waals surface area contributed by atoms with Crippen LogP contribution in [-0.2, 0) is 0 Å². The number of rotatable bonds is 5. The minimum atomic E-state index is -0.496. The molecule has 0 atom stereocenters. The molecular formula is C14H15N5O2S2. The number of tetrazole rings is 1. The van der Waals surface area contributed by atoms with Crippen molar-refractivity contribution in [2.24, 2.45) is 5.73 Å². The third-order valence-electron chi connectivity index (χ3n) is 3.10. The highest BCUT2D eigenvalue weighted by atomic mass is 32.2. The number of benzene rings is 1. The molecule has 1 aromatic carbocycles. The number of nitrogens with zero attached hydrogens (tertiary/aromatic N) is 4. The Bertz CT molecular complexity index is 871. The monoisotopic (exact) mass is 349 g/mol. The highest BCUT2D eigenvalue weighted by Gasteiger charge is 2.23. The number of hydrogen-bond acceptors (Lipinski definition) is 7. The van der Waals surface area contributed by atoms with Gasteiger partial charge in [0, 0.05) is 15.3 Å². The molecule has 0 aliphatic heterocycles. The highest BCUT2D eigenvalue weighted by molar-refractivity contribution is 7.98. The molecule has 0 aliphatic carbocycles. The molecular weight excluding hydrogens is 334 g/mol. The van der Waals surface area contributed by atoms with Crippen molar-refractivity contribution in [1.82, 2.24) is 19.6 Å². The van der Waals surface area contributed by atoms with Crippen LogP contribution >= 0.6 is 23.3 Å². The Balaban J connectivity index is 2.28. The van der Waals surface area contributed by atoms with Gasteiger partial charge in [0.15, 0.2) is 5.82 Å². The van der Waals surface area contributed by atoms with Gasteiger partial charge in [-0.3, -0.25) is 4.79 Å². The van der Waals surface area contributed by atoms with Gasteiger partial charge >= 0.3 is 0 Å². The molecule has 0 saturated carbocycles. The van der Waals surface area contributed by atoms with Crippen LogP contribution in [0.3, 0.4) is 0 Å². The number of thiophene rings is 1. The summed E-state index contributed by atoms with van der Waals surface area (Å²) in [6, 6.07) is 5.62. The first-order valence-electron chi connectivity index (χ1n) is 6.87. The van der Waals surface area contributed by atoms with E-state index in [1.807, 2.05) is 32.0 Å². The maximum atomic E-state index is 11.9. The first-order chi connectivity index (χ1) is 11.0. The standard InChI is InChI=1S/C14H15N5O2S2/c1-7(2)23-19-14(16-17-18-19)11-9-6-8(21-3)4-5-10(9)22-12(11)13(15)20/h4-7H,1-3H3,(H2,15,20). The Labute approximate surface area is 140 Å². The van der Waals surface area contributed by atoms with E-state index >= 15 is 0 Å². The zero-order valence-corrected chi connectivity index (χ0v) is 14.4. The van der Waals surface area contributed by atoms with Crippen LogP contribution < -0.4 is 10.5 Å². The van der Waals surface area contributed by atoms with Gasteiger partial charge in [-0.1, -0.05) is 13.8 Å². The molecule has 2 N–H and O–H groups in total. The van der Waals surface area contributed by atoms with Crippen molar-refractivity contribution in [1.29, 1.82) is 0 Å². The number of methoxy groups -OCH3 is 1. The van der Waals surface area contributed by atoms with E-state index in [9.17, 15) is 4.79 Å². The van der Waals surface area contributed by atoms with E-state index < -0.39 is 5.91 Å². The highest BCUT2D eigenvalue weighted by Crippen LogP contribution is 2.40. The van der Waals surface area contributed by atoms with Crippen molar-refractivity contribution in [2.45, 2.75) is 19.1 Å². The Morgan fingerprint density at radius 3 is 2.87 bits per heavy atom. The van der Waals surface area contributed by atoms with E-state index in [1.54, 1.807) is 11.2 Å². The van der Waals surface area contributed by atoms with Crippen LogP contribution in [-0.4, -0.2) is 37.9 Å². The van der Waals surface area contributed by atoms with Gasteiger partial charge in [-0.15, -0.1) is 16.4 Å². The van der Waals surface area contributed by atoms with Crippen molar-refractivity contribution in [3.8, 4) is 17.1 Å². The van der Waals surface area contributed by atoms with Crippen LogP contribution in [0.25, 0.3) is 21.5 Å². The number of carbonyl (C=O) groups is 1. The number of carbonyl (C=O) groups excluding carboxylic acids is 1. The van der Waals surface area contributed by atoms with E-state index in [4.69, 9.17) is 10.5 Å². The van der Waals surface area contributed by atoms with Crippen molar-refractivity contribution < 1.29 is 9.53 Å². The van der Waals surface area contributed by atoms with Crippen LogP contribution in [0.5, 0.6) is 5.75 Å². The number of nitrogens with two attached hydrogens (primary N) is 1. The summed E-state index contributed by atoms with van der Waals surface area (Å²) in [6.45, 7) is 4.08. The topological polar surface area (TPSA) is 95.9 Å². The van der Waals surface area contributed by atoms with Gasteiger partial charge in [0.05, 0.1) is 12.7 Å². The summed E-state index contributed by atoms with van der Waals surface area (Å²) in [6.07, 6.45) is 0. The smallest absolute Gasteiger partial charge is 0.259 e. The van der Waals surface area contributed by atoms with Gasteiger partial charge < -0.3 is 10.5 Å². The van der Waals surface area contributed by atoms with Crippen molar-refractivity contribution in [3.05, 3.63) is 23.1 Å². The van der Waals surface area contributed by atoms with E-state index in [0.717, 1.165) is 10.1 Å². The molecule has 0 saturated heterocycles. The number of primary amides is 1. The third kappa shape index (κ3) is 2.89. The molecule has 2 heterocycles. The predicted molar refractivity (Wildman–Crippen MR) is 91.8 cm³/mol. The fraction of sp³-hybridized carbons (Fsp3) is 0.286.